The normalized spacial score (nSPS) is 19.2. The zero-order valence-corrected chi connectivity index (χ0v) is 11.6. The van der Waals surface area contributed by atoms with E-state index in [4.69, 9.17) is 5.73 Å². The van der Waals surface area contributed by atoms with Gasteiger partial charge in [0.05, 0.1) is 0 Å². The van der Waals surface area contributed by atoms with Gasteiger partial charge in [-0.05, 0) is 49.9 Å². The number of hydrogen-bond donors (Lipinski definition) is 2. The molecule has 0 aliphatic carbocycles. The van der Waals surface area contributed by atoms with Crippen molar-refractivity contribution in [3.63, 3.8) is 0 Å². The lowest BCUT2D eigenvalue weighted by Gasteiger charge is -2.35. The highest BCUT2D eigenvalue weighted by Gasteiger charge is 2.25. The van der Waals surface area contributed by atoms with Crippen LogP contribution in [0.3, 0.4) is 0 Å². The smallest absolute Gasteiger partial charge is 0.322 e. The number of amides is 2. The molecule has 0 saturated carbocycles. The van der Waals surface area contributed by atoms with Crippen molar-refractivity contribution in [1.82, 2.24) is 4.90 Å². The highest BCUT2D eigenvalue weighted by molar-refractivity contribution is 5.89. The van der Waals surface area contributed by atoms with Gasteiger partial charge < -0.3 is 16.0 Å². The highest BCUT2D eigenvalue weighted by atomic mass is 16.2. The second-order valence-electron chi connectivity index (χ2n) is 5.18. The predicted molar refractivity (Wildman–Crippen MR) is 79.1 cm³/mol. The minimum absolute atomic E-state index is 0.0166. The van der Waals surface area contributed by atoms with Gasteiger partial charge in [0, 0.05) is 24.0 Å². The minimum atomic E-state index is 0.0166. The van der Waals surface area contributed by atoms with Crippen molar-refractivity contribution in [1.29, 1.82) is 0 Å². The summed E-state index contributed by atoms with van der Waals surface area (Å²) in [5.41, 5.74) is 7.15. The summed E-state index contributed by atoms with van der Waals surface area (Å²) in [5, 5.41) is 2.96. The second kappa shape index (κ2) is 6.45. The molecule has 1 fully saturated rings. The van der Waals surface area contributed by atoms with E-state index in [1.807, 2.05) is 17.0 Å². The predicted octanol–water partition coefficient (Wildman–Crippen LogP) is 3.46. The van der Waals surface area contributed by atoms with E-state index in [0.29, 0.717) is 11.7 Å². The maximum absolute atomic E-state index is 12.3. The Morgan fingerprint density at radius 3 is 2.79 bits per heavy atom. The van der Waals surface area contributed by atoms with E-state index in [2.05, 4.69) is 12.2 Å². The fraction of sp³-hybridized carbons (Fsp3) is 0.533. The molecule has 1 atom stereocenters. The van der Waals surface area contributed by atoms with Crippen LogP contribution in [-0.4, -0.2) is 23.5 Å². The second-order valence-corrected chi connectivity index (χ2v) is 5.18. The van der Waals surface area contributed by atoms with Crippen LogP contribution in [0.4, 0.5) is 16.2 Å². The number of carbonyl (C=O) groups is 1. The standard InChI is InChI=1S/C15H23N3O/c1-2-5-14-6-3-4-11-18(14)15(19)17-13-9-7-12(16)8-10-13/h7-10,14H,2-6,11,16H2,1H3,(H,17,19). The number of benzene rings is 1. The van der Waals surface area contributed by atoms with Gasteiger partial charge in [-0.3, -0.25) is 0 Å². The summed E-state index contributed by atoms with van der Waals surface area (Å²) in [5.74, 6) is 0. The Labute approximate surface area is 115 Å². The molecule has 1 aromatic carbocycles. The van der Waals surface area contributed by atoms with Gasteiger partial charge in [-0.1, -0.05) is 13.3 Å². The largest absolute Gasteiger partial charge is 0.399 e. The van der Waals surface area contributed by atoms with Crippen molar-refractivity contribution in [3.05, 3.63) is 24.3 Å². The van der Waals surface area contributed by atoms with Crippen molar-refractivity contribution >= 4 is 17.4 Å². The van der Waals surface area contributed by atoms with Gasteiger partial charge in [0.25, 0.3) is 0 Å². The van der Waals surface area contributed by atoms with Crippen molar-refractivity contribution < 1.29 is 4.79 Å². The number of piperidine rings is 1. The molecule has 19 heavy (non-hydrogen) atoms. The van der Waals surface area contributed by atoms with Crippen LogP contribution in [-0.2, 0) is 0 Å². The first-order valence-electron chi connectivity index (χ1n) is 7.14. The third-order valence-electron chi connectivity index (χ3n) is 3.67. The van der Waals surface area contributed by atoms with Crippen LogP contribution in [0.2, 0.25) is 0 Å². The first-order chi connectivity index (χ1) is 9.20. The molecule has 2 rings (SSSR count). The Morgan fingerprint density at radius 2 is 2.11 bits per heavy atom. The molecule has 0 bridgehead atoms. The number of nitrogens with one attached hydrogen (secondary N) is 1. The van der Waals surface area contributed by atoms with Gasteiger partial charge in [0.15, 0.2) is 0 Å². The van der Waals surface area contributed by atoms with E-state index in [0.717, 1.165) is 37.9 Å². The molecule has 4 heteroatoms. The number of nitrogens with zero attached hydrogens (tertiary/aromatic N) is 1. The zero-order chi connectivity index (χ0) is 13.7. The summed E-state index contributed by atoms with van der Waals surface area (Å²) in [6.45, 7) is 3.04. The first-order valence-corrected chi connectivity index (χ1v) is 7.14. The molecule has 4 nitrogen and oxygen atoms in total. The van der Waals surface area contributed by atoms with Crippen LogP contribution in [0.15, 0.2) is 24.3 Å². The number of carbonyl (C=O) groups excluding carboxylic acids is 1. The average molecular weight is 261 g/mol. The van der Waals surface area contributed by atoms with Gasteiger partial charge in [-0.2, -0.15) is 0 Å². The van der Waals surface area contributed by atoms with E-state index >= 15 is 0 Å². The van der Waals surface area contributed by atoms with Crippen LogP contribution in [0.1, 0.15) is 39.0 Å². The van der Waals surface area contributed by atoms with Crippen LogP contribution in [0.25, 0.3) is 0 Å². The molecule has 0 spiro atoms. The molecule has 2 amide bonds. The van der Waals surface area contributed by atoms with E-state index in [1.165, 1.54) is 6.42 Å². The quantitative estimate of drug-likeness (QED) is 0.819. The minimum Gasteiger partial charge on any atom is -0.399 e. The molecule has 1 aromatic rings. The molecule has 0 radical (unpaired) electrons. The lowest BCUT2D eigenvalue weighted by molar-refractivity contribution is 0.157. The van der Waals surface area contributed by atoms with E-state index in [-0.39, 0.29) is 6.03 Å². The maximum atomic E-state index is 12.3. The van der Waals surface area contributed by atoms with Crippen LogP contribution < -0.4 is 11.1 Å². The molecule has 104 valence electrons. The summed E-state index contributed by atoms with van der Waals surface area (Å²) >= 11 is 0. The van der Waals surface area contributed by atoms with E-state index < -0.39 is 0 Å². The highest BCUT2D eigenvalue weighted by Crippen LogP contribution is 2.22. The van der Waals surface area contributed by atoms with Crippen molar-refractivity contribution in [2.24, 2.45) is 0 Å². The number of hydrogen-bond acceptors (Lipinski definition) is 2. The Bertz CT molecular complexity index is 414. The topological polar surface area (TPSA) is 58.4 Å². The molecule has 0 aromatic heterocycles. The number of likely N-dealkylation sites (tertiary alicyclic amines) is 1. The molecule has 1 aliphatic rings. The van der Waals surface area contributed by atoms with Crippen LogP contribution in [0.5, 0.6) is 0 Å². The summed E-state index contributed by atoms with van der Waals surface area (Å²) in [6.07, 6.45) is 5.68. The van der Waals surface area contributed by atoms with Crippen LogP contribution in [0, 0.1) is 0 Å². The number of nitrogens with two attached hydrogens (primary N) is 1. The Kier molecular flexibility index (Phi) is 4.66. The SMILES string of the molecule is CCCC1CCCCN1C(=O)Nc1ccc(N)cc1. The lowest BCUT2D eigenvalue weighted by Crippen LogP contribution is -2.45. The molecular formula is C15H23N3O. The van der Waals surface area contributed by atoms with Crippen molar-refractivity contribution in [3.8, 4) is 0 Å². The van der Waals surface area contributed by atoms with E-state index in [9.17, 15) is 4.79 Å². The van der Waals surface area contributed by atoms with Crippen LogP contribution >= 0.6 is 0 Å². The van der Waals surface area contributed by atoms with Gasteiger partial charge in [0.1, 0.15) is 0 Å². The monoisotopic (exact) mass is 261 g/mol. The molecule has 3 N–H and O–H groups in total. The van der Waals surface area contributed by atoms with Gasteiger partial charge >= 0.3 is 6.03 Å². The maximum Gasteiger partial charge on any atom is 0.322 e. The van der Waals surface area contributed by atoms with Crippen molar-refractivity contribution in [2.75, 3.05) is 17.6 Å². The van der Waals surface area contributed by atoms with E-state index in [1.54, 1.807) is 12.1 Å². The Morgan fingerprint density at radius 1 is 1.37 bits per heavy atom. The molecule has 1 aliphatic heterocycles. The molecule has 1 unspecified atom stereocenters. The Balaban J connectivity index is 1.99. The van der Waals surface area contributed by atoms with Gasteiger partial charge in [-0.25, -0.2) is 4.79 Å². The van der Waals surface area contributed by atoms with Crippen molar-refractivity contribution in [2.45, 2.75) is 45.1 Å². The van der Waals surface area contributed by atoms with Gasteiger partial charge in [-0.15, -0.1) is 0 Å². The number of rotatable bonds is 3. The third kappa shape index (κ3) is 3.63. The fourth-order valence-electron chi connectivity index (χ4n) is 2.66. The summed E-state index contributed by atoms with van der Waals surface area (Å²) in [7, 11) is 0. The van der Waals surface area contributed by atoms with Gasteiger partial charge in [0.2, 0.25) is 0 Å². The first kappa shape index (κ1) is 13.7. The summed E-state index contributed by atoms with van der Waals surface area (Å²) < 4.78 is 0. The number of nitrogen functional groups attached to an aromatic ring is 1. The fourth-order valence-corrected chi connectivity index (χ4v) is 2.66. The zero-order valence-electron chi connectivity index (χ0n) is 11.6. The number of urea groups is 1. The summed E-state index contributed by atoms with van der Waals surface area (Å²) in [6, 6.07) is 7.69. The molecule has 1 heterocycles. The Hall–Kier alpha value is -1.71. The third-order valence-corrected chi connectivity index (χ3v) is 3.67. The lowest BCUT2D eigenvalue weighted by atomic mass is 9.99. The molecular weight excluding hydrogens is 238 g/mol. The summed E-state index contributed by atoms with van der Waals surface area (Å²) in [4.78, 5) is 14.3. The molecule has 1 saturated heterocycles. The number of anilines is 2. The average Bonchev–Trinajstić information content (AvgIpc) is 2.42.